The summed E-state index contributed by atoms with van der Waals surface area (Å²) in [5.74, 6) is 0.417. The molecule has 1 aromatic heterocycles. The number of rotatable bonds is 5. The average molecular weight is 371 g/mol. The predicted octanol–water partition coefficient (Wildman–Crippen LogP) is 0.816. The van der Waals surface area contributed by atoms with Gasteiger partial charge >= 0.3 is 0 Å². The van der Waals surface area contributed by atoms with Gasteiger partial charge in [-0.05, 0) is 37.3 Å². The third kappa shape index (κ3) is 4.39. The highest BCUT2D eigenvalue weighted by atomic mass is 16.5. The Bertz CT molecular complexity index is 788. The third-order valence-corrected chi connectivity index (χ3v) is 4.82. The van der Waals surface area contributed by atoms with E-state index >= 15 is 0 Å². The summed E-state index contributed by atoms with van der Waals surface area (Å²) in [6, 6.07) is 9.60. The zero-order valence-corrected chi connectivity index (χ0v) is 15.9. The van der Waals surface area contributed by atoms with E-state index in [0.29, 0.717) is 18.8 Å². The number of anilines is 1. The molecule has 8 nitrogen and oxygen atoms in total. The Kier molecular flexibility index (Phi) is 5.63. The summed E-state index contributed by atoms with van der Waals surface area (Å²) < 4.78 is 6.81. The first kappa shape index (κ1) is 18.8. The number of hydrogen-bond donors (Lipinski definition) is 1. The molecule has 1 fully saturated rings. The van der Waals surface area contributed by atoms with Gasteiger partial charge in [0, 0.05) is 44.6 Å². The van der Waals surface area contributed by atoms with E-state index in [9.17, 15) is 9.59 Å². The van der Waals surface area contributed by atoms with E-state index in [4.69, 9.17) is 4.74 Å². The largest absolute Gasteiger partial charge is 0.497 e. The number of carbonyl (C=O) groups is 2. The minimum absolute atomic E-state index is 0.0169. The van der Waals surface area contributed by atoms with Gasteiger partial charge < -0.3 is 19.9 Å². The first-order chi connectivity index (χ1) is 13.0. The van der Waals surface area contributed by atoms with Crippen molar-refractivity contribution in [2.75, 3.05) is 44.7 Å². The Balaban J connectivity index is 1.47. The van der Waals surface area contributed by atoms with Crippen molar-refractivity contribution in [2.45, 2.75) is 6.92 Å². The van der Waals surface area contributed by atoms with Crippen molar-refractivity contribution in [1.82, 2.24) is 20.0 Å². The summed E-state index contributed by atoms with van der Waals surface area (Å²) in [4.78, 5) is 28.5. The van der Waals surface area contributed by atoms with Crippen molar-refractivity contribution < 1.29 is 14.3 Å². The molecule has 3 rings (SSSR count). The monoisotopic (exact) mass is 371 g/mol. The molecule has 0 atom stereocenters. The number of aromatic nitrogens is 2. The molecular weight excluding hydrogens is 346 g/mol. The lowest BCUT2D eigenvalue weighted by atomic mass is 10.2. The Morgan fingerprint density at radius 2 is 1.81 bits per heavy atom. The number of piperazine rings is 1. The molecule has 2 aromatic rings. The number of hydrogen-bond acceptors (Lipinski definition) is 5. The number of methoxy groups -OCH3 is 1. The summed E-state index contributed by atoms with van der Waals surface area (Å²) in [7, 11) is 3.42. The number of aryl methyl sites for hydroxylation is 2. The van der Waals surface area contributed by atoms with Crippen molar-refractivity contribution in [2.24, 2.45) is 7.05 Å². The first-order valence-corrected chi connectivity index (χ1v) is 8.93. The number of carbonyl (C=O) groups excluding carboxylic acids is 2. The molecule has 144 valence electrons. The van der Waals surface area contributed by atoms with Gasteiger partial charge in [0.1, 0.15) is 11.4 Å². The highest BCUT2D eigenvalue weighted by Crippen LogP contribution is 2.20. The first-order valence-electron chi connectivity index (χ1n) is 8.93. The molecule has 1 aromatic carbocycles. The second kappa shape index (κ2) is 8.11. The Morgan fingerprint density at radius 1 is 1.15 bits per heavy atom. The topological polar surface area (TPSA) is 79.7 Å². The fourth-order valence-electron chi connectivity index (χ4n) is 3.04. The van der Waals surface area contributed by atoms with Crippen LogP contribution in [0.5, 0.6) is 5.75 Å². The predicted molar refractivity (Wildman–Crippen MR) is 102 cm³/mol. The van der Waals surface area contributed by atoms with E-state index in [1.165, 1.54) is 0 Å². The zero-order chi connectivity index (χ0) is 19.4. The van der Waals surface area contributed by atoms with E-state index in [1.54, 1.807) is 29.8 Å². The van der Waals surface area contributed by atoms with Crippen LogP contribution < -0.4 is 15.0 Å². The van der Waals surface area contributed by atoms with Gasteiger partial charge in [0.2, 0.25) is 5.91 Å². The molecule has 1 aliphatic rings. The number of nitrogens with one attached hydrogen (secondary N) is 1. The standard InChI is InChI=1S/C19H25N5O3/c1-14-12-17(21-22(14)2)19(26)20-13-18(25)24-10-8-23(9-11-24)15-4-6-16(27-3)7-5-15/h4-7,12H,8-11,13H2,1-3H3,(H,20,26). The molecule has 0 bridgehead atoms. The van der Waals surface area contributed by atoms with Gasteiger partial charge in [0.15, 0.2) is 0 Å². The van der Waals surface area contributed by atoms with Crippen molar-refractivity contribution in [3.8, 4) is 5.75 Å². The number of nitrogens with zero attached hydrogens (tertiary/aromatic N) is 4. The highest BCUT2D eigenvalue weighted by molar-refractivity contribution is 5.95. The fourth-order valence-corrected chi connectivity index (χ4v) is 3.04. The molecule has 1 aliphatic heterocycles. The van der Waals surface area contributed by atoms with Gasteiger partial charge in [-0.15, -0.1) is 0 Å². The lowest BCUT2D eigenvalue weighted by molar-refractivity contribution is -0.130. The van der Waals surface area contributed by atoms with E-state index in [1.807, 2.05) is 31.2 Å². The molecule has 1 N–H and O–H groups in total. The Morgan fingerprint density at radius 3 is 2.37 bits per heavy atom. The summed E-state index contributed by atoms with van der Waals surface area (Å²) in [6.07, 6.45) is 0. The number of ether oxygens (including phenoxy) is 1. The molecule has 8 heteroatoms. The van der Waals surface area contributed by atoms with Gasteiger partial charge in [-0.1, -0.05) is 0 Å². The van der Waals surface area contributed by atoms with Crippen LogP contribution in [-0.2, 0) is 11.8 Å². The fraction of sp³-hybridized carbons (Fsp3) is 0.421. The van der Waals surface area contributed by atoms with Crippen molar-refractivity contribution in [3.05, 3.63) is 41.7 Å². The summed E-state index contributed by atoms with van der Waals surface area (Å²) >= 11 is 0. The lowest BCUT2D eigenvalue weighted by Gasteiger charge is -2.36. The van der Waals surface area contributed by atoms with Crippen LogP contribution in [-0.4, -0.2) is 66.3 Å². The lowest BCUT2D eigenvalue weighted by Crippen LogP contribution is -2.51. The van der Waals surface area contributed by atoms with Crippen LogP contribution in [0.25, 0.3) is 0 Å². The number of benzene rings is 1. The quantitative estimate of drug-likeness (QED) is 0.842. The van der Waals surface area contributed by atoms with E-state index in [0.717, 1.165) is 30.2 Å². The molecule has 1 saturated heterocycles. The van der Waals surface area contributed by atoms with Gasteiger partial charge in [-0.25, -0.2) is 0 Å². The van der Waals surface area contributed by atoms with Gasteiger partial charge in [0.25, 0.3) is 5.91 Å². The summed E-state index contributed by atoms with van der Waals surface area (Å²) in [5, 5.41) is 6.78. The van der Waals surface area contributed by atoms with Crippen LogP contribution >= 0.6 is 0 Å². The minimum atomic E-state index is -0.330. The second-order valence-electron chi connectivity index (χ2n) is 6.54. The van der Waals surface area contributed by atoms with Crippen molar-refractivity contribution >= 4 is 17.5 Å². The maximum Gasteiger partial charge on any atom is 0.272 e. The smallest absolute Gasteiger partial charge is 0.272 e. The SMILES string of the molecule is COc1ccc(N2CCN(C(=O)CNC(=O)c3cc(C)n(C)n3)CC2)cc1. The molecule has 0 unspecified atom stereocenters. The van der Waals surface area contributed by atoms with Crippen molar-refractivity contribution in [1.29, 1.82) is 0 Å². The van der Waals surface area contributed by atoms with Crippen LogP contribution in [0, 0.1) is 6.92 Å². The second-order valence-corrected chi connectivity index (χ2v) is 6.54. The average Bonchev–Trinajstić information content (AvgIpc) is 3.04. The summed E-state index contributed by atoms with van der Waals surface area (Å²) in [5.41, 5.74) is 2.33. The minimum Gasteiger partial charge on any atom is -0.497 e. The third-order valence-electron chi connectivity index (χ3n) is 4.82. The van der Waals surface area contributed by atoms with Crippen LogP contribution in [0.2, 0.25) is 0 Å². The van der Waals surface area contributed by atoms with Crippen LogP contribution in [0.3, 0.4) is 0 Å². The van der Waals surface area contributed by atoms with Gasteiger partial charge in [0.05, 0.1) is 13.7 Å². The number of amides is 2. The van der Waals surface area contributed by atoms with Gasteiger partial charge in [-0.3, -0.25) is 14.3 Å². The molecule has 0 spiro atoms. The molecular formula is C19H25N5O3. The van der Waals surface area contributed by atoms with Gasteiger partial charge in [-0.2, -0.15) is 5.10 Å². The maximum absolute atomic E-state index is 12.4. The Labute approximate surface area is 158 Å². The molecule has 0 aliphatic carbocycles. The van der Waals surface area contributed by atoms with Crippen LogP contribution in [0.4, 0.5) is 5.69 Å². The zero-order valence-electron chi connectivity index (χ0n) is 15.9. The molecule has 0 saturated carbocycles. The molecule has 27 heavy (non-hydrogen) atoms. The summed E-state index contributed by atoms with van der Waals surface area (Å²) in [6.45, 7) is 4.62. The highest BCUT2D eigenvalue weighted by Gasteiger charge is 2.22. The van der Waals surface area contributed by atoms with E-state index < -0.39 is 0 Å². The normalized spacial score (nSPS) is 14.2. The Hall–Kier alpha value is -3.03. The van der Waals surface area contributed by atoms with E-state index in [2.05, 4.69) is 15.3 Å². The van der Waals surface area contributed by atoms with E-state index in [-0.39, 0.29) is 18.4 Å². The molecule has 0 radical (unpaired) electrons. The molecule has 2 heterocycles. The molecule has 2 amide bonds. The van der Waals surface area contributed by atoms with Crippen LogP contribution in [0.15, 0.2) is 30.3 Å². The maximum atomic E-state index is 12.4. The van der Waals surface area contributed by atoms with Crippen LogP contribution in [0.1, 0.15) is 16.2 Å². The van der Waals surface area contributed by atoms with Crippen molar-refractivity contribution in [3.63, 3.8) is 0 Å².